The normalized spacial score (nSPS) is 18.3. The number of rotatable bonds is 4. The lowest BCUT2D eigenvalue weighted by molar-refractivity contribution is 0.0856. The monoisotopic (exact) mass is 347 g/mol. The first kappa shape index (κ1) is 17.4. The fourth-order valence-electron chi connectivity index (χ4n) is 3.22. The Morgan fingerprint density at radius 3 is 2.64 bits per heavy atom. The molecule has 25 heavy (non-hydrogen) atoms. The van der Waals surface area contributed by atoms with Crippen LogP contribution in [0.15, 0.2) is 12.3 Å². The molecule has 0 radical (unpaired) electrons. The van der Waals surface area contributed by atoms with Gasteiger partial charge < -0.3 is 19.9 Å². The molecule has 8 nitrogen and oxygen atoms in total. The van der Waals surface area contributed by atoms with E-state index < -0.39 is 0 Å². The maximum Gasteiger partial charge on any atom is 0.409 e. The highest BCUT2D eigenvalue weighted by atomic mass is 16.6. The van der Waals surface area contributed by atoms with Crippen molar-refractivity contribution >= 4 is 17.9 Å². The number of likely N-dealkylation sites (tertiary alicyclic amines) is 1. The van der Waals surface area contributed by atoms with Crippen molar-refractivity contribution in [3.8, 4) is 0 Å². The van der Waals surface area contributed by atoms with Crippen LogP contribution in [0, 0.1) is 0 Å². The summed E-state index contributed by atoms with van der Waals surface area (Å²) in [5.41, 5.74) is 0.393. The Labute approximate surface area is 147 Å². The highest BCUT2D eigenvalue weighted by Crippen LogP contribution is 2.16. The average molecular weight is 347 g/mol. The molecule has 0 atom stereocenters. The van der Waals surface area contributed by atoms with Gasteiger partial charge in [0, 0.05) is 38.4 Å². The smallest absolute Gasteiger partial charge is 0.409 e. The van der Waals surface area contributed by atoms with Crippen LogP contribution in [0.3, 0.4) is 0 Å². The van der Waals surface area contributed by atoms with Crippen LogP contribution in [-0.2, 0) is 4.74 Å². The van der Waals surface area contributed by atoms with Gasteiger partial charge in [0.05, 0.1) is 6.61 Å². The van der Waals surface area contributed by atoms with Gasteiger partial charge in [-0.1, -0.05) is 0 Å². The van der Waals surface area contributed by atoms with Gasteiger partial charge in [0.25, 0.3) is 5.91 Å². The summed E-state index contributed by atoms with van der Waals surface area (Å²) >= 11 is 0. The third kappa shape index (κ3) is 4.37. The molecule has 0 bridgehead atoms. The van der Waals surface area contributed by atoms with E-state index in [2.05, 4.69) is 20.2 Å². The van der Waals surface area contributed by atoms with Gasteiger partial charge in [-0.3, -0.25) is 4.79 Å². The second-order valence-electron chi connectivity index (χ2n) is 6.37. The molecule has 3 heterocycles. The predicted molar refractivity (Wildman–Crippen MR) is 92.6 cm³/mol. The number of carbonyl (C=O) groups excluding carboxylic acids is 2. The van der Waals surface area contributed by atoms with Crippen molar-refractivity contribution in [2.45, 2.75) is 38.6 Å². The minimum atomic E-state index is -0.279. The summed E-state index contributed by atoms with van der Waals surface area (Å²) in [5, 5.41) is 3.02. The van der Waals surface area contributed by atoms with E-state index in [-0.39, 0.29) is 18.0 Å². The van der Waals surface area contributed by atoms with Crippen LogP contribution in [0.4, 0.5) is 10.7 Å². The summed E-state index contributed by atoms with van der Waals surface area (Å²) in [5.74, 6) is 0.444. The number of ether oxygens (including phenoxy) is 1. The number of hydrogen-bond donors (Lipinski definition) is 1. The molecule has 2 fully saturated rings. The molecule has 2 aliphatic heterocycles. The van der Waals surface area contributed by atoms with E-state index in [1.807, 2.05) is 0 Å². The van der Waals surface area contributed by atoms with Crippen LogP contribution in [0.1, 0.15) is 43.1 Å². The molecule has 0 spiro atoms. The van der Waals surface area contributed by atoms with Crippen molar-refractivity contribution in [2.75, 3.05) is 37.7 Å². The van der Waals surface area contributed by atoms with E-state index in [0.717, 1.165) is 25.9 Å². The number of carbonyl (C=O) groups is 2. The molecule has 1 aromatic heterocycles. The number of aromatic nitrogens is 2. The van der Waals surface area contributed by atoms with Gasteiger partial charge in [0.2, 0.25) is 5.95 Å². The molecule has 8 heteroatoms. The van der Waals surface area contributed by atoms with Gasteiger partial charge in [0.1, 0.15) is 5.69 Å². The van der Waals surface area contributed by atoms with Gasteiger partial charge in [-0.25, -0.2) is 14.8 Å². The largest absolute Gasteiger partial charge is 0.450 e. The van der Waals surface area contributed by atoms with Crippen molar-refractivity contribution in [1.29, 1.82) is 0 Å². The molecule has 2 saturated heterocycles. The van der Waals surface area contributed by atoms with Crippen LogP contribution in [0.2, 0.25) is 0 Å². The Morgan fingerprint density at radius 1 is 1.24 bits per heavy atom. The maximum absolute atomic E-state index is 12.5. The minimum absolute atomic E-state index is 0.0448. The molecule has 0 aliphatic carbocycles. The molecule has 0 unspecified atom stereocenters. The van der Waals surface area contributed by atoms with Gasteiger partial charge >= 0.3 is 6.09 Å². The molecule has 2 amide bonds. The molecule has 0 saturated carbocycles. The van der Waals surface area contributed by atoms with Crippen molar-refractivity contribution in [2.24, 2.45) is 0 Å². The summed E-state index contributed by atoms with van der Waals surface area (Å²) in [4.78, 5) is 36.6. The Hall–Kier alpha value is -2.38. The van der Waals surface area contributed by atoms with E-state index in [0.29, 0.717) is 44.2 Å². The van der Waals surface area contributed by atoms with Crippen molar-refractivity contribution < 1.29 is 14.3 Å². The third-order valence-electron chi connectivity index (χ3n) is 4.62. The first-order valence-electron chi connectivity index (χ1n) is 8.98. The molecule has 1 N–H and O–H groups in total. The summed E-state index contributed by atoms with van der Waals surface area (Å²) in [6.45, 7) is 5.24. The first-order valence-corrected chi connectivity index (χ1v) is 8.98. The Kier molecular flexibility index (Phi) is 5.67. The Bertz CT molecular complexity index is 610. The number of nitrogens with zero attached hydrogens (tertiary/aromatic N) is 4. The van der Waals surface area contributed by atoms with E-state index >= 15 is 0 Å². The first-order chi connectivity index (χ1) is 12.2. The standard InChI is InChI=1S/C17H25N5O3/c1-2-25-17(24)22-11-6-13(7-12-22)19-15(23)14-5-8-18-16(20-14)21-9-3-4-10-21/h5,8,13H,2-4,6-7,9-12H2,1H3,(H,19,23). The number of amides is 2. The van der Waals surface area contributed by atoms with Gasteiger partial charge in [-0.05, 0) is 38.7 Å². The maximum atomic E-state index is 12.5. The van der Waals surface area contributed by atoms with Crippen LogP contribution in [0.5, 0.6) is 0 Å². The molecule has 2 aliphatic rings. The minimum Gasteiger partial charge on any atom is -0.450 e. The van der Waals surface area contributed by atoms with Crippen LogP contribution >= 0.6 is 0 Å². The number of nitrogens with one attached hydrogen (secondary N) is 1. The SMILES string of the molecule is CCOC(=O)N1CCC(NC(=O)c2ccnc(N3CCCC3)n2)CC1. The van der Waals surface area contributed by atoms with E-state index in [9.17, 15) is 9.59 Å². The molecular weight excluding hydrogens is 322 g/mol. The fourth-order valence-corrected chi connectivity index (χ4v) is 3.22. The summed E-state index contributed by atoms with van der Waals surface area (Å²) in [6.07, 6.45) is 5.07. The lowest BCUT2D eigenvalue weighted by atomic mass is 10.1. The van der Waals surface area contributed by atoms with Gasteiger partial charge in [-0.2, -0.15) is 0 Å². The van der Waals surface area contributed by atoms with E-state index in [1.165, 1.54) is 0 Å². The van der Waals surface area contributed by atoms with Crippen LogP contribution in [-0.4, -0.2) is 65.7 Å². The molecule has 136 valence electrons. The van der Waals surface area contributed by atoms with Crippen molar-refractivity contribution in [3.63, 3.8) is 0 Å². The highest BCUT2D eigenvalue weighted by molar-refractivity contribution is 5.92. The summed E-state index contributed by atoms with van der Waals surface area (Å²) < 4.78 is 5.01. The molecular formula is C17H25N5O3. The predicted octanol–water partition coefficient (Wildman–Crippen LogP) is 1.43. The zero-order chi connectivity index (χ0) is 17.6. The lowest BCUT2D eigenvalue weighted by Crippen LogP contribution is -2.46. The quantitative estimate of drug-likeness (QED) is 0.886. The molecule has 3 rings (SSSR count). The van der Waals surface area contributed by atoms with Crippen molar-refractivity contribution in [1.82, 2.24) is 20.2 Å². The fraction of sp³-hybridized carbons (Fsp3) is 0.647. The second kappa shape index (κ2) is 8.13. The second-order valence-corrected chi connectivity index (χ2v) is 6.37. The van der Waals surface area contributed by atoms with Gasteiger partial charge in [0.15, 0.2) is 0 Å². The molecule has 0 aromatic carbocycles. The summed E-state index contributed by atoms with van der Waals surface area (Å²) in [6, 6.07) is 1.69. The summed E-state index contributed by atoms with van der Waals surface area (Å²) in [7, 11) is 0. The zero-order valence-electron chi connectivity index (χ0n) is 14.6. The third-order valence-corrected chi connectivity index (χ3v) is 4.62. The van der Waals surface area contributed by atoms with E-state index in [4.69, 9.17) is 4.74 Å². The van der Waals surface area contributed by atoms with Crippen LogP contribution in [0.25, 0.3) is 0 Å². The van der Waals surface area contributed by atoms with E-state index in [1.54, 1.807) is 24.1 Å². The number of hydrogen-bond acceptors (Lipinski definition) is 6. The van der Waals surface area contributed by atoms with Gasteiger partial charge in [-0.15, -0.1) is 0 Å². The number of piperidine rings is 1. The number of anilines is 1. The lowest BCUT2D eigenvalue weighted by Gasteiger charge is -2.31. The Morgan fingerprint density at radius 2 is 1.96 bits per heavy atom. The average Bonchev–Trinajstić information content (AvgIpc) is 3.17. The highest BCUT2D eigenvalue weighted by Gasteiger charge is 2.25. The Balaban J connectivity index is 1.53. The zero-order valence-corrected chi connectivity index (χ0v) is 14.6. The van der Waals surface area contributed by atoms with Crippen LogP contribution < -0.4 is 10.2 Å². The molecule has 1 aromatic rings. The topological polar surface area (TPSA) is 87.7 Å². The van der Waals surface area contributed by atoms with Crippen molar-refractivity contribution in [3.05, 3.63) is 18.0 Å².